The molecule has 0 saturated carbocycles. The highest BCUT2D eigenvalue weighted by atomic mass is 32.2. The van der Waals surface area contributed by atoms with Gasteiger partial charge in [-0.1, -0.05) is 6.58 Å². The van der Waals surface area contributed by atoms with Crippen LogP contribution in [0.4, 0.5) is 0 Å². The van der Waals surface area contributed by atoms with Crippen LogP contribution >= 0.6 is 0 Å². The van der Waals surface area contributed by atoms with Crippen molar-refractivity contribution in [2.75, 3.05) is 39.5 Å². The summed E-state index contributed by atoms with van der Waals surface area (Å²) in [7, 11) is -0.104. The molecule has 0 atom stereocenters. The smallest absolute Gasteiger partial charge is 0.330 e. The maximum atomic E-state index is 10.8. The van der Waals surface area contributed by atoms with E-state index in [1.807, 2.05) is 14.1 Å². The van der Waals surface area contributed by atoms with Crippen LogP contribution in [0.1, 0.15) is 6.42 Å². The summed E-state index contributed by atoms with van der Waals surface area (Å²) >= 11 is 0. The number of esters is 1. The van der Waals surface area contributed by atoms with Gasteiger partial charge >= 0.3 is 5.97 Å². The molecule has 0 bridgehead atoms. The number of hydrogen-bond acceptors (Lipinski definition) is 4. The lowest BCUT2D eigenvalue weighted by atomic mass is 10.3. The topological polar surface area (TPSA) is 80.7 Å². The Morgan fingerprint density at radius 1 is 1.41 bits per heavy atom. The summed E-state index contributed by atoms with van der Waals surface area (Å²) in [6.45, 7) is 4.68. The average Bonchev–Trinajstić information content (AvgIpc) is 2.14. The maximum Gasteiger partial charge on any atom is 0.330 e. The number of nitrogens with zero attached hydrogens (tertiary/aromatic N) is 1. The first kappa shape index (κ1) is 16.1. The van der Waals surface area contributed by atoms with Gasteiger partial charge in [0.25, 0.3) is 10.1 Å². The molecule has 1 N–H and O–H groups in total. The van der Waals surface area contributed by atoms with Crippen molar-refractivity contribution in [2.24, 2.45) is 0 Å². The van der Waals surface area contributed by atoms with Crippen LogP contribution < -0.4 is 0 Å². The molecule has 0 aliphatic carbocycles. The lowest BCUT2D eigenvalue weighted by Gasteiger charge is -2.29. The van der Waals surface area contributed by atoms with Crippen LogP contribution in [0.5, 0.6) is 0 Å². The summed E-state index contributed by atoms with van der Waals surface area (Å²) in [5.74, 6) is -0.718. The van der Waals surface area contributed by atoms with Gasteiger partial charge < -0.3 is 9.22 Å². The molecule has 0 fully saturated rings. The highest BCUT2D eigenvalue weighted by Crippen LogP contribution is 2.01. The number of quaternary nitrogens is 1. The predicted octanol–water partition coefficient (Wildman–Crippen LogP) is 0.0699. The molecule has 0 amide bonds. The van der Waals surface area contributed by atoms with Gasteiger partial charge in [0.15, 0.2) is 0 Å². The molecule has 0 radical (unpaired) electrons. The van der Waals surface area contributed by atoms with Crippen molar-refractivity contribution < 1.29 is 27.0 Å². The number of carbonyl (C=O) groups excluding carboxylic acids is 1. The van der Waals surface area contributed by atoms with E-state index in [0.717, 1.165) is 6.08 Å². The first-order chi connectivity index (χ1) is 7.66. The zero-order valence-electron chi connectivity index (χ0n) is 10.3. The molecule has 17 heavy (non-hydrogen) atoms. The SMILES string of the molecule is C=CC(=O)OCC[N+](C)(C)CCCS(=O)(=O)O. The molecule has 0 rings (SSSR count). The van der Waals surface area contributed by atoms with Gasteiger partial charge in [0, 0.05) is 12.5 Å². The first-order valence-corrected chi connectivity index (χ1v) is 6.83. The Labute approximate surface area is 102 Å². The highest BCUT2D eigenvalue weighted by molar-refractivity contribution is 7.85. The van der Waals surface area contributed by atoms with Crippen LogP contribution in [0.25, 0.3) is 0 Å². The van der Waals surface area contributed by atoms with Crippen molar-refractivity contribution in [3.05, 3.63) is 12.7 Å². The minimum atomic E-state index is -3.89. The molecule has 0 aliphatic heterocycles. The summed E-state index contributed by atoms with van der Waals surface area (Å²) in [6, 6.07) is 0. The van der Waals surface area contributed by atoms with Gasteiger partial charge in [-0.25, -0.2) is 4.79 Å². The van der Waals surface area contributed by atoms with E-state index in [1.165, 1.54) is 0 Å². The van der Waals surface area contributed by atoms with Crippen LogP contribution in [0, 0.1) is 0 Å². The Hall–Kier alpha value is -0.920. The minimum absolute atomic E-state index is 0.249. The Morgan fingerprint density at radius 2 is 2.00 bits per heavy atom. The normalized spacial score (nSPS) is 12.2. The fourth-order valence-corrected chi connectivity index (χ4v) is 1.73. The Bertz CT molecular complexity index is 361. The lowest BCUT2D eigenvalue weighted by molar-refractivity contribution is -0.890. The molecule has 0 spiro atoms. The zero-order chi connectivity index (χ0) is 13.5. The van der Waals surface area contributed by atoms with Gasteiger partial charge in [-0.05, 0) is 0 Å². The van der Waals surface area contributed by atoms with Crippen molar-refractivity contribution in [3.63, 3.8) is 0 Å². The molecule has 6 nitrogen and oxygen atoms in total. The van der Waals surface area contributed by atoms with Crippen LogP contribution in [-0.2, 0) is 19.6 Å². The van der Waals surface area contributed by atoms with Crippen LogP contribution in [-0.4, -0.2) is 63.0 Å². The second kappa shape index (κ2) is 6.73. The summed E-state index contributed by atoms with van der Waals surface area (Å²) in [4.78, 5) is 10.8. The van der Waals surface area contributed by atoms with E-state index in [0.29, 0.717) is 24.0 Å². The van der Waals surface area contributed by atoms with Crippen molar-refractivity contribution in [3.8, 4) is 0 Å². The van der Waals surface area contributed by atoms with Crippen LogP contribution in [0.3, 0.4) is 0 Å². The Kier molecular flexibility index (Phi) is 6.36. The molecular formula is C10H20NO5S+. The third-order valence-electron chi connectivity index (χ3n) is 2.27. The molecule has 0 aromatic rings. The third kappa shape index (κ3) is 9.98. The van der Waals surface area contributed by atoms with E-state index in [-0.39, 0.29) is 12.4 Å². The van der Waals surface area contributed by atoms with E-state index in [1.54, 1.807) is 0 Å². The third-order valence-corrected chi connectivity index (χ3v) is 3.08. The summed E-state index contributed by atoms with van der Waals surface area (Å²) in [5, 5.41) is 0. The molecule has 0 aromatic heterocycles. The molecule has 0 aliphatic rings. The molecule has 7 heteroatoms. The van der Waals surface area contributed by atoms with Gasteiger partial charge in [0.05, 0.1) is 26.4 Å². The second-order valence-electron chi connectivity index (χ2n) is 4.39. The van der Waals surface area contributed by atoms with Crippen molar-refractivity contribution in [1.82, 2.24) is 0 Å². The average molecular weight is 266 g/mol. The van der Waals surface area contributed by atoms with Gasteiger partial charge in [0.2, 0.25) is 0 Å². The van der Waals surface area contributed by atoms with Gasteiger partial charge in [-0.2, -0.15) is 8.42 Å². The standard InChI is InChI=1S/C10H19NO5S/c1-4-10(12)16-8-7-11(2,3)6-5-9-17(13,14)15/h4H,1,5-9H2,2-3H3/p+1. The lowest BCUT2D eigenvalue weighted by Crippen LogP contribution is -2.43. The molecule has 0 unspecified atom stereocenters. The summed E-state index contributed by atoms with van der Waals surface area (Å²) in [5.41, 5.74) is 0. The molecule has 0 heterocycles. The van der Waals surface area contributed by atoms with E-state index in [2.05, 4.69) is 6.58 Å². The van der Waals surface area contributed by atoms with Gasteiger partial charge in [-0.15, -0.1) is 0 Å². The van der Waals surface area contributed by atoms with Crippen molar-refractivity contribution in [2.45, 2.75) is 6.42 Å². The van der Waals surface area contributed by atoms with E-state index >= 15 is 0 Å². The molecule has 0 aromatic carbocycles. The van der Waals surface area contributed by atoms with E-state index in [4.69, 9.17) is 9.29 Å². The van der Waals surface area contributed by atoms with Crippen molar-refractivity contribution in [1.29, 1.82) is 0 Å². The molecular weight excluding hydrogens is 246 g/mol. The maximum absolute atomic E-state index is 10.8. The van der Waals surface area contributed by atoms with Gasteiger partial charge in [-0.3, -0.25) is 4.55 Å². The zero-order valence-corrected chi connectivity index (χ0v) is 11.1. The van der Waals surface area contributed by atoms with E-state index < -0.39 is 16.1 Å². The largest absolute Gasteiger partial charge is 0.457 e. The number of likely N-dealkylation sites (N-methyl/N-ethyl adjacent to an activating group) is 1. The van der Waals surface area contributed by atoms with Crippen molar-refractivity contribution >= 4 is 16.1 Å². The first-order valence-electron chi connectivity index (χ1n) is 5.23. The van der Waals surface area contributed by atoms with Crippen LogP contribution in [0.15, 0.2) is 12.7 Å². The fourth-order valence-electron chi connectivity index (χ4n) is 1.24. The summed E-state index contributed by atoms with van der Waals surface area (Å²) < 4.78 is 35.0. The molecule has 0 saturated heterocycles. The number of rotatable bonds is 8. The quantitative estimate of drug-likeness (QED) is 0.291. The minimum Gasteiger partial charge on any atom is -0.457 e. The highest BCUT2D eigenvalue weighted by Gasteiger charge is 2.17. The van der Waals surface area contributed by atoms with Crippen LogP contribution in [0.2, 0.25) is 0 Å². The fraction of sp³-hybridized carbons (Fsp3) is 0.700. The van der Waals surface area contributed by atoms with Gasteiger partial charge in [0.1, 0.15) is 13.2 Å². The Morgan fingerprint density at radius 3 is 2.47 bits per heavy atom. The Balaban J connectivity index is 3.87. The van der Waals surface area contributed by atoms with E-state index in [9.17, 15) is 13.2 Å². The molecule has 100 valence electrons. The summed E-state index contributed by atoms with van der Waals surface area (Å²) in [6.07, 6.45) is 1.46. The number of ether oxygens (including phenoxy) is 1. The predicted molar refractivity (Wildman–Crippen MR) is 64.0 cm³/mol. The number of hydrogen-bond donors (Lipinski definition) is 1. The second-order valence-corrected chi connectivity index (χ2v) is 5.97. The number of carbonyl (C=O) groups is 1. The monoisotopic (exact) mass is 266 g/mol.